The lowest BCUT2D eigenvalue weighted by atomic mass is 9.96. The zero-order valence-electron chi connectivity index (χ0n) is 11.8. The van der Waals surface area contributed by atoms with Crippen molar-refractivity contribution in [3.05, 3.63) is 29.3 Å². The van der Waals surface area contributed by atoms with E-state index >= 15 is 0 Å². The summed E-state index contributed by atoms with van der Waals surface area (Å²) in [6.45, 7) is -0.486. The first-order chi connectivity index (χ1) is 10.5. The molecule has 1 heterocycles. The SMILES string of the molecule is Nc1cc(C(=O)N2CCCC(C(F)(F)F)C2)cc(C(F)(F)F)c1. The predicted molar refractivity (Wildman–Crippen MR) is 70.5 cm³/mol. The number of anilines is 1. The average Bonchev–Trinajstić information content (AvgIpc) is 2.44. The molecular formula is C14H14F6N2O. The van der Waals surface area contributed by atoms with Crippen molar-refractivity contribution in [2.24, 2.45) is 5.92 Å². The number of carbonyl (C=O) groups is 1. The lowest BCUT2D eigenvalue weighted by Gasteiger charge is -2.33. The van der Waals surface area contributed by atoms with Gasteiger partial charge in [0.2, 0.25) is 0 Å². The van der Waals surface area contributed by atoms with E-state index in [0.717, 1.165) is 11.0 Å². The number of likely N-dealkylation sites (tertiary alicyclic amines) is 1. The molecule has 1 saturated heterocycles. The lowest BCUT2D eigenvalue weighted by molar-refractivity contribution is -0.184. The maximum Gasteiger partial charge on any atom is 0.416 e. The molecule has 0 aliphatic carbocycles. The van der Waals surface area contributed by atoms with E-state index in [1.165, 1.54) is 0 Å². The molecule has 2 N–H and O–H groups in total. The Hall–Kier alpha value is -1.93. The second-order valence-corrected chi connectivity index (χ2v) is 5.47. The minimum atomic E-state index is -4.69. The summed E-state index contributed by atoms with van der Waals surface area (Å²) < 4.78 is 76.5. The van der Waals surface area contributed by atoms with Crippen LogP contribution in [0.25, 0.3) is 0 Å². The van der Waals surface area contributed by atoms with Gasteiger partial charge < -0.3 is 10.6 Å². The Labute approximate surface area is 128 Å². The Morgan fingerprint density at radius 3 is 2.35 bits per heavy atom. The number of amides is 1. The summed E-state index contributed by atoms with van der Waals surface area (Å²) in [5.74, 6) is -2.54. The molecule has 1 unspecified atom stereocenters. The molecule has 2 rings (SSSR count). The van der Waals surface area contributed by atoms with Crippen LogP contribution >= 0.6 is 0 Å². The highest BCUT2D eigenvalue weighted by Crippen LogP contribution is 2.35. The van der Waals surface area contributed by atoms with Gasteiger partial charge in [-0.15, -0.1) is 0 Å². The molecule has 0 radical (unpaired) electrons. The molecule has 3 nitrogen and oxygen atoms in total. The van der Waals surface area contributed by atoms with Crippen LogP contribution in [0, 0.1) is 5.92 Å². The summed E-state index contributed by atoms with van der Waals surface area (Å²) in [4.78, 5) is 13.2. The second kappa shape index (κ2) is 5.93. The Bertz CT molecular complexity index is 596. The average molecular weight is 340 g/mol. The molecular weight excluding hydrogens is 326 g/mol. The quantitative estimate of drug-likeness (QED) is 0.626. The number of hydrogen-bond donors (Lipinski definition) is 1. The second-order valence-electron chi connectivity index (χ2n) is 5.47. The zero-order valence-corrected chi connectivity index (χ0v) is 11.8. The molecule has 1 fully saturated rings. The first kappa shape index (κ1) is 17.4. The van der Waals surface area contributed by atoms with E-state index in [-0.39, 0.29) is 30.6 Å². The maximum absolute atomic E-state index is 12.8. The molecule has 0 saturated carbocycles. The van der Waals surface area contributed by atoms with E-state index < -0.39 is 36.3 Å². The zero-order chi connectivity index (χ0) is 17.4. The molecule has 128 valence electrons. The molecule has 1 aliphatic heterocycles. The summed E-state index contributed by atoms with van der Waals surface area (Å²) in [5, 5.41) is 0. The van der Waals surface area contributed by atoms with Gasteiger partial charge in [-0.1, -0.05) is 0 Å². The minimum Gasteiger partial charge on any atom is -0.399 e. The van der Waals surface area contributed by atoms with Crippen LogP contribution in [-0.4, -0.2) is 30.1 Å². The highest BCUT2D eigenvalue weighted by molar-refractivity contribution is 5.95. The molecule has 0 bridgehead atoms. The van der Waals surface area contributed by atoms with Crippen molar-refractivity contribution in [1.82, 2.24) is 4.90 Å². The number of halogens is 6. The number of piperidine rings is 1. The van der Waals surface area contributed by atoms with E-state index in [4.69, 9.17) is 5.73 Å². The first-order valence-electron chi connectivity index (χ1n) is 6.82. The van der Waals surface area contributed by atoms with Crippen molar-refractivity contribution in [1.29, 1.82) is 0 Å². The molecule has 9 heteroatoms. The van der Waals surface area contributed by atoms with Crippen LogP contribution in [0.2, 0.25) is 0 Å². The highest BCUT2D eigenvalue weighted by atomic mass is 19.4. The summed E-state index contributed by atoms with van der Waals surface area (Å²) in [5.41, 5.74) is 3.63. The van der Waals surface area contributed by atoms with Crippen molar-refractivity contribution in [2.45, 2.75) is 25.2 Å². The number of rotatable bonds is 1. The van der Waals surface area contributed by atoms with Gasteiger partial charge in [0.05, 0.1) is 11.5 Å². The molecule has 1 aromatic rings. The topological polar surface area (TPSA) is 46.3 Å². The van der Waals surface area contributed by atoms with E-state index in [1.807, 2.05) is 0 Å². The fraction of sp³-hybridized carbons (Fsp3) is 0.500. The molecule has 23 heavy (non-hydrogen) atoms. The Morgan fingerprint density at radius 1 is 1.13 bits per heavy atom. The van der Waals surface area contributed by atoms with Crippen molar-refractivity contribution < 1.29 is 31.1 Å². The van der Waals surface area contributed by atoms with Gasteiger partial charge in [0, 0.05) is 24.3 Å². The highest BCUT2D eigenvalue weighted by Gasteiger charge is 2.43. The van der Waals surface area contributed by atoms with Gasteiger partial charge in [-0.05, 0) is 31.0 Å². The molecule has 1 aromatic carbocycles. The summed E-state index contributed by atoms with van der Waals surface area (Å²) in [6, 6.07) is 2.32. The number of nitrogens with two attached hydrogens (primary N) is 1. The third-order valence-corrected chi connectivity index (χ3v) is 3.70. The van der Waals surface area contributed by atoms with Gasteiger partial charge in [0.15, 0.2) is 0 Å². The van der Waals surface area contributed by atoms with Gasteiger partial charge in [-0.25, -0.2) is 0 Å². The van der Waals surface area contributed by atoms with Crippen LogP contribution in [0.1, 0.15) is 28.8 Å². The fourth-order valence-electron chi connectivity index (χ4n) is 2.55. The van der Waals surface area contributed by atoms with Crippen LogP contribution in [0.3, 0.4) is 0 Å². The number of alkyl halides is 6. The van der Waals surface area contributed by atoms with Gasteiger partial charge in [-0.3, -0.25) is 4.79 Å². The summed E-state index contributed by atoms with van der Waals surface area (Å²) in [6.07, 6.45) is -9.09. The largest absolute Gasteiger partial charge is 0.416 e. The third kappa shape index (κ3) is 4.08. The Morgan fingerprint density at radius 2 is 1.78 bits per heavy atom. The minimum absolute atomic E-state index is 0.0710. The smallest absolute Gasteiger partial charge is 0.399 e. The van der Waals surface area contributed by atoms with Crippen LogP contribution < -0.4 is 5.73 Å². The molecule has 1 amide bonds. The number of carbonyl (C=O) groups excluding carboxylic acids is 1. The van der Waals surface area contributed by atoms with E-state index in [2.05, 4.69) is 0 Å². The Kier molecular flexibility index (Phi) is 4.50. The number of nitrogens with zero attached hydrogens (tertiary/aromatic N) is 1. The van der Waals surface area contributed by atoms with E-state index in [0.29, 0.717) is 12.1 Å². The van der Waals surface area contributed by atoms with E-state index in [1.54, 1.807) is 0 Å². The van der Waals surface area contributed by atoms with Gasteiger partial charge in [0.1, 0.15) is 0 Å². The van der Waals surface area contributed by atoms with Crippen LogP contribution in [0.15, 0.2) is 18.2 Å². The number of benzene rings is 1. The van der Waals surface area contributed by atoms with Crippen LogP contribution in [-0.2, 0) is 6.18 Å². The molecule has 0 spiro atoms. The molecule has 1 atom stereocenters. The summed E-state index contributed by atoms with van der Waals surface area (Å²) >= 11 is 0. The number of hydrogen-bond acceptors (Lipinski definition) is 2. The number of nitrogen functional groups attached to an aromatic ring is 1. The van der Waals surface area contributed by atoms with Crippen LogP contribution in [0.4, 0.5) is 32.0 Å². The van der Waals surface area contributed by atoms with Crippen LogP contribution in [0.5, 0.6) is 0 Å². The normalized spacial score (nSPS) is 19.7. The maximum atomic E-state index is 12.8. The van der Waals surface area contributed by atoms with E-state index in [9.17, 15) is 31.1 Å². The molecule has 1 aliphatic rings. The third-order valence-electron chi connectivity index (χ3n) is 3.70. The van der Waals surface area contributed by atoms with Gasteiger partial charge in [-0.2, -0.15) is 26.3 Å². The molecule has 0 aromatic heterocycles. The standard InChI is InChI=1S/C14H14F6N2O/c15-13(16,17)9-2-1-3-22(7-9)12(23)8-4-10(14(18,19)20)6-11(21)5-8/h4-6,9H,1-3,7,21H2. The fourth-order valence-corrected chi connectivity index (χ4v) is 2.55. The van der Waals surface area contributed by atoms with Crippen molar-refractivity contribution in [3.8, 4) is 0 Å². The van der Waals surface area contributed by atoms with Crippen molar-refractivity contribution in [2.75, 3.05) is 18.8 Å². The summed E-state index contributed by atoms with van der Waals surface area (Å²) in [7, 11) is 0. The monoisotopic (exact) mass is 340 g/mol. The lowest BCUT2D eigenvalue weighted by Crippen LogP contribution is -2.44. The van der Waals surface area contributed by atoms with Gasteiger partial charge in [0.25, 0.3) is 5.91 Å². The van der Waals surface area contributed by atoms with Crippen molar-refractivity contribution in [3.63, 3.8) is 0 Å². The van der Waals surface area contributed by atoms with Crippen molar-refractivity contribution >= 4 is 11.6 Å². The Balaban J connectivity index is 2.25. The first-order valence-corrected chi connectivity index (χ1v) is 6.82. The van der Waals surface area contributed by atoms with Gasteiger partial charge >= 0.3 is 12.4 Å². The predicted octanol–water partition coefficient (Wildman–Crippen LogP) is 3.70.